The standard InChI is InChI=1S/C26H33N5O3/c1-29-8-5-19(6-9-29)17-30-10-7-23(18-30)34-22-3-4-25-24(14-22)31(11-12-33-25)21-13-20(15-27)26(32-2)28-16-21/h3-4,13-14,16,19,23H,5-12,17-18H2,1-2H3/t23-/m0/s1. The number of ether oxygens (including phenoxy) is 3. The Balaban J connectivity index is 1.26. The molecule has 0 aliphatic carbocycles. The first-order chi connectivity index (χ1) is 16.6. The van der Waals surface area contributed by atoms with E-state index in [1.165, 1.54) is 39.6 Å². The molecule has 4 heterocycles. The van der Waals surface area contributed by atoms with Crippen molar-refractivity contribution in [3.05, 3.63) is 36.0 Å². The van der Waals surface area contributed by atoms with Gasteiger partial charge in [-0.05, 0) is 63.5 Å². The molecule has 0 N–H and O–H groups in total. The van der Waals surface area contributed by atoms with Crippen molar-refractivity contribution >= 4 is 11.4 Å². The zero-order valence-electron chi connectivity index (χ0n) is 20.1. The number of nitriles is 1. The van der Waals surface area contributed by atoms with Gasteiger partial charge in [-0.15, -0.1) is 0 Å². The van der Waals surface area contributed by atoms with Gasteiger partial charge in [-0.3, -0.25) is 4.90 Å². The molecule has 5 rings (SSSR count). The van der Waals surface area contributed by atoms with Gasteiger partial charge in [-0.25, -0.2) is 4.98 Å². The van der Waals surface area contributed by atoms with Crippen molar-refractivity contribution in [1.29, 1.82) is 5.26 Å². The number of nitrogens with zero attached hydrogens (tertiary/aromatic N) is 5. The van der Waals surface area contributed by atoms with E-state index in [4.69, 9.17) is 14.2 Å². The van der Waals surface area contributed by atoms with Gasteiger partial charge in [0.1, 0.15) is 35.8 Å². The van der Waals surface area contributed by atoms with Gasteiger partial charge in [-0.1, -0.05) is 0 Å². The predicted molar refractivity (Wildman–Crippen MR) is 130 cm³/mol. The molecule has 1 aromatic carbocycles. The van der Waals surface area contributed by atoms with E-state index in [-0.39, 0.29) is 6.10 Å². The summed E-state index contributed by atoms with van der Waals surface area (Å²) in [5.41, 5.74) is 2.18. The Labute approximate surface area is 201 Å². The third kappa shape index (κ3) is 4.91. The van der Waals surface area contributed by atoms with E-state index in [9.17, 15) is 5.26 Å². The molecule has 0 unspecified atom stereocenters. The lowest BCUT2D eigenvalue weighted by Gasteiger charge is -2.32. The Kier molecular flexibility index (Phi) is 6.75. The summed E-state index contributed by atoms with van der Waals surface area (Å²) >= 11 is 0. The molecule has 8 heteroatoms. The molecule has 0 radical (unpaired) electrons. The molecule has 0 amide bonds. The van der Waals surface area contributed by atoms with Crippen molar-refractivity contribution in [2.24, 2.45) is 5.92 Å². The molecule has 2 fully saturated rings. The third-order valence-electron chi connectivity index (χ3n) is 7.14. The first kappa shape index (κ1) is 22.8. The second kappa shape index (κ2) is 10.1. The Morgan fingerprint density at radius 2 is 2.00 bits per heavy atom. The number of methoxy groups -OCH3 is 1. The van der Waals surface area contributed by atoms with Crippen molar-refractivity contribution < 1.29 is 14.2 Å². The summed E-state index contributed by atoms with van der Waals surface area (Å²) in [5, 5.41) is 9.47. The summed E-state index contributed by atoms with van der Waals surface area (Å²) in [4.78, 5) is 11.4. The van der Waals surface area contributed by atoms with Crippen LogP contribution in [0.2, 0.25) is 0 Å². The zero-order valence-corrected chi connectivity index (χ0v) is 20.1. The number of anilines is 2. The molecular formula is C26H33N5O3. The molecule has 180 valence electrons. The molecular weight excluding hydrogens is 430 g/mol. The number of pyridine rings is 1. The lowest BCUT2D eigenvalue weighted by molar-refractivity contribution is 0.158. The lowest BCUT2D eigenvalue weighted by atomic mass is 9.97. The van der Waals surface area contributed by atoms with E-state index in [2.05, 4.69) is 32.8 Å². The number of hydrogen-bond acceptors (Lipinski definition) is 8. The molecule has 34 heavy (non-hydrogen) atoms. The molecule has 2 aromatic rings. The summed E-state index contributed by atoms with van der Waals surface area (Å²) in [6.07, 6.45) is 5.59. The van der Waals surface area contributed by atoms with E-state index in [1.54, 1.807) is 6.20 Å². The average Bonchev–Trinajstić information content (AvgIpc) is 3.31. The van der Waals surface area contributed by atoms with Crippen LogP contribution in [0.3, 0.4) is 0 Å². The fourth-order valence-corrected chi connectivity index (χ4v) is 5.23. The maximum atomic E-state index is 9.47. The molecule has 3 aliphatic rings. The van der Waals surface area contributed by atoms with Crippen LogP contribution in [-0.4, -0.2) is 80.9 Å². The largest absolute Gasteiger partial charge is 0.490 e. The zero-order chi connectivity index (χ0) is 23.5. The highest BCUT2D eigenvalue weighted by molar-refractivity contribution is 5.72. The van der Waals surface area contributed by atoms with Gasteiger partial charge in [0.25, 0.3) is 0 Å². The van der Waals surface area contributed by atoms with E-state index in [0.717, 1.165) is 48.3 Å². The molecule has 1 atom stereocenters. The van der Waals surface area contributed by atoms with Crippen LogP contribution in [0.5, 0.6) is 17.4 Å². The van der Waals surface area contributed by atoms with Crippen LogP contribution >= 0.6 is 0 Å². The number of fused-ring (bicyclic) bond motifs is 1. The van der Waals surface area contributed by atoms with Crippen molar-refractivity contribution in [2.45, 2.75) is 25.4 Å². The van der Waals surface area contributed by atoms with Crippen LogP contribution < -0.4 is 19.1 Å². The van der Waals surface area contributed by atoms with Crippen LogP contribution in [0.1, 0.15) is 24.8 Å². The van der Waals surface area contributed by atoms with Gasteiger partial charge < -0.3 is 24.0 Å². The Hall–Kier alpha value is -3.02. The highest BCUT2D eigenvalue weighted by atomic mass is 16.5. The van der Waals surface area contributed by atoms with E-state index < -0.39 is 0 Å². The maximum Gasteiger partial charge on any atom is 0.231 e. The summed E-state index contributed by atoms with van der Waals surface area (Å²) in [6.45, 7) is 6.94. The molecule has 2 saturated heterocycles. The molecule has 8 nitrogen and oxygen atoms in total. The van der Waals surface area contributed by atoms with Gasteiger partial charge in [-0.2, -0.15) is 5.26 Å². The van der Waals surface area contributed by atoms with Gasteiger partial charge in [0.05, 0.1) is 31.2 Å². The predicted octanol–water partition coefficient (Wildman–Crippen LogP) is 3.29. The highest BCUT2D eigenvalue weighted by Gasteiger charge is 2.28. The minimum atomic E-state index is 0.204. The molecule has 0 spiro atoms. The minimum absolute atomic E-state index is 0.204. The molecule has 0 saturated carbocycles. The van der Waals surface area contributed by atoms with Crippen molar-refractivity contribution in [3.8, 4) is 23.4 Å². The summed E-state index contributed by atoms with van der Waals surface area (Å²) in [7, 11) is 3.74. The Morgan fingerprint density at radius 1 is 1.15 bits per heavy atom. The minimum Gasteiger partial charge on any atom is -0.490 e. The van der Waals surface area contributed by atoms with E-state index >= 15 is 0 Å². The maximum absolute atomic E-state index is 9.47. The summed E-state index contributed by atoms with van der Waals surface area (Å²) < 4.78 is 17.5. The molecule has 3 aliphatic heterocycles. The number of likely N-dealkylation sites (tertiary alicyclic amines) is 2. The fraction of sp³-hybridized carbons (Fsp3) is 0.538. The highest BCUT2D eigenvalue weighted by Crippen LogP contribution is 2.40. The summed E-state index contributed by atoms with van der Waals surface area (Å²) in [6, 6.07) is 10.00. The number of aromatic nitrogens is 1. The smallest absolute Gasteiger partial charge is 0.231 e. The fourth-order valence-electron chi connectivity index (χ4n) is 5.23. The Bertz CT molecular complexity index is 1050. The topological polar surface area (TPSA) is 74.1 Å². The van der Waals surface area contributed by atoms with Crippen LogP contribution in [0.15, 0.2) is 30.5 Å². The summed E-state index contributed by atoms with van der Waals surface area (Å²) in [5.74, 6) is 2.80. The number of hydrogen-bond donors (Lipinski definition) is 0. The SMILES string of the molecule is COc1ncc(N2CCOc3ccc(O[C@H]4CCN(CC5CCN(C)CC5)C4)cc32)cc1C#N. The second-order valence-electron chi connectivity index (χ2n) is 9.53. The van der Waals surface area contributed by atoms with Gasteiger partial charge in [0.15, 0.2) is 0 Å². The second-order valence-corrected chi connectivity index (χ2v) is 9.53. The molecule has 1 aromatic heterocycles. The quantitative estimate of drug-likeness (QED) is 0.646. The van der Waals surface area contributed by atoms with E-state index in [1.807, 2.05) is 24.3 Å². The van der Waals surface area contributed by atoms with Crippen molar-refractivity contribution in [2.75, 3.05) is 64.9 Å². The van der Waals surface area contributed by atoms with Crippen molar-refractivity contribution in [3.63, 3.8) is 0 Å². The van der Waals surface area contributed by atoms with Gasteiger partial charge in [0, 0.05) is 25.7 Å². The van der Waals surface area contributed by atoms with Crippen LogP contribution in [0.25, 0.3) is 0 Å². The first-order valence-electron chi connectivity index (χ1n) is 12.2. The van der Waals surface area contributed by atoms with Crippen LogP contribution in [-0.2, 0) is 0 Å². The third-order valence-corrected chi connectivity index (χ3v) is 7.14. The first-order valence-corrected chi connectivity index (χ1v) is 12.2. The van der Waals surface area contributed by atoms with E-state index in [0.29, 0.717) is 24.6 Å². The monoisotopic (exact) mass is 463 g/mol. The number of benzene rings is 1. The molecule has 0 bridgehead atoms. The number of piperidine rings is 1. The normalized spacial score (nSPS) is 21.6. The van der Waals surface area contributed by atoms with Gasteiger partial charge >= 0.3 is 0 Å². The Morgan fingerprint density at radius 3 is 2.79 bits per heavy atom. The average molecular weight is 464 g/mol. The van der Waals surface area contributed by atoms with Gasteiger partial charge in [0.2, 0.25) is 5.88 Å². The lowest BCUT2D eigenvalue weighted by Crippen LogP contribution is -2.36. The van der Waals surface area contributed by atoms with Crippen LogP contribution in [0.4, 0.5) is 11.4 Å². The van der Waals surface area contributed by atoms with Crippen molar-refractivity contribution in [1.82, 2.24) is 14.8 Å². The number of rotatable bonds is 6. The van der Waals surface area contributed by atoms with Crippen LogP contribution in [0, 0.1) is 17.2 Å².